The molecule has 1 saturated heterocycles. The monoisotopic (exact) mass is 281 g/mol. The molecule has 19 heavy (non-hydrogen) atoms. The maximum Gasteiger partial charge on any atom is 0.122 e. The molecule has 5 nitrogen and oxygen atoms in total. The van der Waals surface area contributed by atoms with Gasteiger partial charge in [-0.15, -0.1) is 0 Å². The summed E-state index contributed by atoms with van der Waals surface area (Å²) in [5.41, 5.74) is 6.42. The molecule has 0 atom stereocenters. The Kier molecular flexibility index (Phi) is 4.34. The number of ether oxygens (including phenoxy) is 1. The number of likely N-dealkylation sites (N-methyl/N-ethyl adjacent to an activating group) is 1. The quantitative estimate of drug-likeness (QED) is 0.791. The Balaban J connectivity index is 2.08. The summed E-state index contributed by atoms with van der Waals surface area (Å²) in [5.74, 6) is 0. The zero-order valence-corrected chi connectivity index (χ0v) is 11.8. The van der Waals surface area contributed by atoms with Crippen LogP contribution in [0.25, 0.3) is 0 Å². The van der Waals surface area contributed by atoms with Gasteiger partial charge in [0.25, 0.3) is 0 Å². The van der Waals surface area contributed by atoms with E-state index in [4.69, 9.17) is 22.7 Å². The minimum absolute atomic E-state index is 0.278. The number of rotatable bonds is 4. The van der Waals surface area contributed by atoms with Gasteiger partial charge in [0.2, 0.25) is 0 Å². The highest BCUT2D eigenvalue weighted by Gasteiger charge is 2.31. The molecule has 0 unspecified atom stereocenters. The van der Waals surface area contributed by atoms with E-state index in [1.807, 2.05) is 24.1 Å². The summed E-state index contributed by atoms with van der Waals surface area (Å²) < 4.78 is 5.28. The van der Waals surface area contributed by atoms with E-state index in [0.717, 1.165) is 5.69 Å². The highest BCUT2D eigenvalue weighted by molar-refractivity contribution is 7.80. The van der Waals surface area contributed by atoms with E-state index < -0.39 is 5.60 Å². The lowest BCUT2D eigenvalue weighted by molar-refractivity contribution is -0.0572. The average molecular weight is 281 g/mol. The molecular weight excluding hydrogens is 262 g/mol. The molecule has 3 N–H and O–H groups in total. The first kappa shape index (κ1) is 14.2. The number of nitrogens with zero attached hydrogens (tertiary/aromatic N) is 2. The first-order chi connectivity index (χ1) is 9.00. The van der Waals surface area contributed by atoms with Crippen molar-refractivity contribution in [3.63, 3.8) is 0 Å². The van der Waals surface area contributed by atoms with Crippen LogP contribution in [0.5, 0.6) is 0 Å². The molecule has 1 aliphatic heterocycles. The maximum atomic E-state index is 10.5. The number of hydrogen-bond donors (Lipinski definition) is 2. The standard InChI is InChI=1S/C13H19N3O2S/c1-16(9-13(17)3-6-18-7-4-13)10-2-5-15-11(8-10)12(14)19/h2,5,8,17H,3-4,6-7,9H2,1H3,(H2,14,19). The van der Waals surface area contributed by atoms with Crippen molar-refractivity contribution in [3.05, 3.63) is 24.0 Å². The van der Waals surface area contributed by atoms with Gasteiger partial charge in [0, 0.05) is 51.5 Å². The van der Waals surface area contributed by atoms with Crippen molar-refractivity contribution in [2.24, 2.45) is 5.73 Å². The lowest BCUT2D eigenvalue weighted by atomic mass is 9.94. The van der Waals surface area contributed by atoms with Crippen molar-refractivity contribution in [1.82, 2.24) is 4.98 Å². The van der Waals surface area contributed by atoms with Gasteiger partial charge in [0.15, 0.2) is 0 Å². The molecule has 6 heteroatoms. The van der Waals surface area contributed by atoms with Gasteiger partial charge < -0.3 is 20.5 Å². The van der Waals surface area contributed by atoms with Crippen LogP contribution in [-0.4, -0.2) is 47.5 Å². The summed E-state index contributed by atoms with van der Waals surface area (Å²) in [5, 5.41) is 10.5. The van der Waals surface area contributed by atoms with E-state index >= 15 is 0 Å². The molecule has 1 aliphatic rings. The van der Waals surface area contributed by atoms with E-state index in [2.05, 4.69) is 4.98 Å². The van der Waals surface area contributed by atoms with Crippen LogP contribution in [0.2, 0.25) is 0 Å². The first-order valence-corrected chi connectivity index (χ1v) is 6.68. The normalized spacial score (nSPS) is 18.0. The fourth-order valence-corrected chi connectivity index (χ4v) is 2.35. The van der Waals surface area contributed by atoms with Crippen LogP contribution >= 0.6 is 12.2 Å². The minimum Gasteiger partial charge on any atom is -0.388 e. The Morgan fingerprint density at radius 2 is 2.26 bits per heavy atom. The summed E-state index contributed by atoms with van der Waals surface area (Å²) in [7, 11) is 1.94. The topological polar surface area (TPSA) is 71.6 Å². The lowest BCUT2D eigenvalue weighted by Gasteiger charge is -2.36. The summed E-state index contributed by atoms with van der Waals surface area (Å²) >= 11 is 4.92. The molecule has 2 heterocycles. The molecule has 0 aromatic carbocycles. The Hall–Kier alpha value is -1.24. The van der Waals surface area contributed by atoms with Crippen molar-refractivity contribution in [2.75, 3.05) is 31.7 Å². The van der Waals surface area contributed by atoms with Crippen LogP contribution in [0.3, 0.4) is 0 Å². The molecule has 0 radical (unpaired) electrons. The first-order valence-electron chi connectivity index (χ1n) is 6.27. The predicted octanol–water partition coefficient (Wildman–Crippen LogP) is 0.693. The number of aliphatic hydroxyl groups is 1. The van der Waals surface area contributed by atoms with Crippen LogP contribution < -0.4 is 10.6 Å². The van der Waals surface area contributed by atoms with Gasteiger partial charge in [-0.05, 0) is 12.1 Å². The van der Waals surface area contributed by atoms with Crippen molar-refractivity contribution in [1.29, 1.82) is 0 Å². The van der Waals surface area contributed by atoms with Crippen molar-refractivity contribution >= 4 is 22.9 Å². The second kappa shape index (κ2) is 5.81. The van der Waals surface area contributed by atoms with Crippen LogP contribution in [0, 0.1) is 0 Å². The molecule has 0 spiro atoms. The summed E-state index contributed by atoms with van der Waals surface area (Å²) in [6.07, 6.45) is 2.99. The minimum atomic E-state index is -0.695. The smallest absolute Gasteiger partial charge is 0.122 e. The SMILES string of the molecule is CN(CC1(O)CCOCC1)c1ccnc(C(N)=S)c1. The third-order valence-electron chi connectivity index (χ3n) is 3.39. The van der Waals surface area contributed by atoms with Crippen LogP contribution in [0.4, 0.5) is 5.69 Å². The van der Waals surface area contributed by atoms with Gasteiger partial charge >= 0.3 is 0 Å². The van der Waals surface area contributed by atoms with Crippen molar-refractivity contribution in [3.8, 4) is 0 Å². The summed E-state index contributed by atoms with van der Waals surface area (Å²) in [6.45, 7) is 1.77. The molecule has 0 saturated carbocycles. The zero-order chi connectivity index (χ0) is 13.9. The maximum absolute atomic E-state index is 10.5. The second-order valence-electron chi connectivity index (χ2n) is 4.96. The Morgan fingerprint density at radius 1 is 1.58 bits per heavy atom. The van der Waals surface area contributed by atoms with Crippen LogP contribution in [0.15, 0.2) is 18.3 Å². The van der Waals surface area contributed by atoms with Gasteiger partial charge in [-0.2, -0.15) is 0 Å². The number of thiocarbonyl (C=S) groups is 1. The second-order valence-corrected chi connectivity index (χ2v) is 5.40. The molecular formula is C13H19N3O2S. The average Bonchev–Trinajstić information content (AvgIpc) is 2.39. The number of hydrogen-bond acceptors (Lipinski definition) is 5. The van der Waals surface area contributed by atoms with Gasteiger partial charge in [0.1, 0.15) is 4.99 Å². The van der Waals surface area contributed by atoms with Crippen molar-refractivity contribution < 1.29 is 9.84 Å². The lowest BCUT2D eigenvalue weighted by Crippen LogP contribution is -2.45. The van der Waals surface area contributed by atoms with E-state index in [9.17, 15) is 5.11 Å². The molecule has 0 amide bonds. The zero-order valence-electron chi connectivity index (χ0n) is 11.0. The van der Waals surface area contributed by atoms with Crippen molar-refractivity contribution in [2.45, 2.75) is 18.4 Å². The third-order valence-corrected chi connectivity index (χ3v) is 3.60. The molecule has 2 rings (SSSR count). The third kappa shape index (κ3) is 3.62. The van der Waals surface area contributed by atoms with Gasteiger partial charge in [-0.1, -0.05) is 12.2 Å². The van der Waals surface area contributed by atoms with Crippen LogP contribution in [-0.2, 0) is 4.74 Å². The van der Waals surface area contributed by atoms with E-state index in [0.29, 0.717) is 38.3 Å². The van der Waals surface area contributed by atoms with Crippen LogP contribution in [0.1, 0.15) is 18.5 Å². The molecule has 0 aliphatic carbocycles. The number of anilines is 1. The Bertz CT molecular complexity index is 461. The fourth-order valence-electron chi connectivity index (χ4n) is 2.23. The molecule has 0 bridgehead atoms. The van der Waals surface area contributed by atoms with Gasteiger partial charge in [-0.3, -0.25) is 4.98 Å². The number of pyridine rings is 1. The Labute approximate surface area is 118 Å². The predicted molar refractivity (Wildman–Crippen MR) is 78.4 cm³/mol. The largest absolute Gasteiger partial charge is 0.388 e. The van der Waals surface area contributed by atoms with Gasteiger partial charge in [0.05, 0.1) is 11.3 Å². The molecule has 1 fully saturated rings. The Morgan fingerprint density at radius 3 is 2.89 bits per heavy atom. The highest BCUT2D eigenvalue weighted by atomic mass is 32.1. The number of nitrogens with two attached hydrogens (primary N) is 1. The molecule has 1 aromatic heterocycles. The number of aromatic nitrogens is 1. The van der Waals surface area contributed by atoms with E-state index in [1.165, 1.54) is 0 Å². The van der Waals surface area contributed by atoms with E-state index in [1.54, 1.807) is 6.20 Å². The highest BCUT2D eigenvalue weighted by Crippen LogP contribution is 2.24. The summed E-state index contributed by atoms with van der Waals surface area (Å²) in [6, 6.07) is 3.72. The summed E-state index contributed by atoms with van der Waals surface area (Å²) in [4.78, 5) is 6.38. The van der Waals surface area contributed by atoms with E-state index in [-0.39, 0.29) is 4.99 Å². The fraction of sp³-hybridized carbons (Fsp3) is 0.538. The molecule has 104 valence electrons. The molecule has 1 aromatic rings. The van der Waals surface area contributed by atoms with Gasteiger partial charge in [-0.25, -0.2) is 0 Å².